The van der Waals surface area contributed by atoms with Gasteiger partial charge in [0.2, 0.25) is 5.91 Å². The number of esters is 1. The smallest absolute Gasteiger partial charge is 0.328 e. The molecule has 0 aromatic heterocycles. The van der Waals surface area contributed by atoms with E-state index in [1.807, 2.05) is 0 Å². The fraction of sp³-hybridized carbons (Fsp3) is 0.619. The fourth-order valence-corrected chi connectivity index (χ4v) is 4.83. The number of benzene rings is 1. The van der Waals surface area contributed by atoms with Gasteiger partial charge in [-0.05, 0) is 31.2 Å². The lowest BCUT2D eigenvalue weighted by atomic mass is 9.80. The molecule has 0 radical (unpaired) electrons. The van der Waals surface area contributed by atoms with Crippen molar-refractivity contribution in [2.45, 2.75) is 57.4 Å². The van der Waals surface area contributed by atoms with E-state index in [0.717, 1.165) is 12.8 Å². The third-order valence-corrected chi connectivity index (χ3v) is 6.87. The number of amides is 1. The Morgan fingerprint density at radius 3 is 2.32 bits per heavy atom. The van der Waals surface area contributed by atoms with Crippen LogP contribution in [0.1, 0.15) is 50.5 Å². The Morgan fingerprint density at radius 1 is 1.19 bits per heavy atom. The zero-order chi connectivity index (χ0) is 23.1. The van der Waals surface area contributed by atoms with Crippen LogP contribution in [0.5, 0.6) is 0 Å². The number of sulfone groups is 1. The predicted molar refractivity (Wildman–Crippen MR) is 115 cm³/mol. The average Bonchev–Trinajstić information content (AvgIpc) is 3.20. The highest BCUT2D eigenvalue weighted by Gasteiger charge is 2.42. The summed E-state index contributed by atoms with van der Waals surface area (Å²) in [6.07, 6.45) is 6.25. The highest BCUT2D eigenvalue weighted by atomic mass is 32.2. The number of ether oxygens (including phenoxy) is 1. The van der Waals surface area contributed by atoms with Crippen molar-refractivity contribution in [3.63, 3.8) is 0 Å². The number of hydrogen-bond acceptors (Lipinski definition) is 7. The zero-order valence-corrected chi connectivity index (χ0v) is 18.8. The molecular formula is C21H30N2O7S. The molecule has 1 saturated carbocycles. The van der Waals surface area contributed by atoms with Crippen LogP contribution in [0, 0.1) is 15.5 Å². The summed E-state index contributed by atoms with van der Waals surface area (Å²) in [5.74, 6) is -0.714. The number of unbranched alkanes of at least 4 members (excludes halogenated alkanes) is 1. The van der Waals surface area contributed by atoms with Crippen LogP contribution in [0.2, 0.25) is 0 Å². The Hall–Kier alpha value is -2.49. The van der Waals surface area contributed by atoms with Gasteiger partial charge < -0.3 is 10.1 Å². The number of non-ortho nitro benzene ring substituents is 1. The Balaban J connectivity index is 2.07. The number of rotatable bonds is 11. The van der Waals surface area contributed by atoms with Crippen LogP contribution in [0.3, 0.4) is 0 Å². The molecule has 0 spiro atoms. The molecule has 1 aliphatic rings. The van der Waals surface area contributed by atoms with E-state index in [1.54, 1.807) is 12.1 Å². The highest BCUT2D eigenvalue weighted by Crippen LogP contribution is 2.42. The van der Waals surface area contributed by atoms with Crippen LogP contribution >= 0.6 is 0 Å². The molecular weight excluding hydrogens is 424 g/mol. The summed E-state index contributed by atoms with van der Waals surface area (Å²) >= 11 is 0. The Kier molecular flexibility index (Phi) is 8.55. The molecule has 0 bridgehead atoms. The van der Waals surface area contributed by atoms with Gasteiger partial charge in [-0.2, -0.15) is 0 Å². The number of nitro groups is 1. The van der Waals surface area contributed by atoms with Gasteiger partial charge in [0, 0.05) is 36.0 Å². The normalized spacial score (nSPS) is 16.5. The van der Waals surface area contributed by atoms with Crippen LogP contribution < -0.4 is 5.32 Å². The molecule has 10 heteroatoms. The molecule has 1 aromatic carbocycles. The first kappa shape index (κ1) is 24.8. The molecule has 9 nitrogen and oxygen atoms in total. The first-order valence-corrected chi connectivity index (χ1v) is 12.4. The van der Waals surface area contributed by atoms with Gasteiger partial charge in [-0.3, -0.25) is 14.9 Å². The number of carbonyl (C=O) groups is 2. The summed E-state index contributed by atoms with van der Waals surface area (Å²) in [5, 5.41) is 13.6. The fourth-order valence-electron chi connectivity index (χ4n) is 4.11. The van der Waals surface area contributed by atoms with Crippen molar-refractivity contribution in [2.24, 2.45) is 5.41 Å². The highest BCUT2D eigenvalue weighted by molar-refractivity contribution is 7.90. The van der Waals surface area contributed by atoms with Gasteiger partial charge in [-0.1, -0.05) is 31.4 Å². The molecule has 31 heavy (non-hydrogen) atoms. The summed E-state index contributed by atoms with van der Waals surface area (Å²) in [6.45, 7) is 0. The van der Waals surface area contributed by atoms with Crippen molar-refractivity contribution in [3.8, 4) is 0 Å². The van der Waals surface area contributed by atoms with Crippen LogP contribution in [-0.2, 0) is 30.6 Å². The SMILES string of the molecule is COC(=O)C(Cc1ccc([N+](=O)[O-])cc1)NC(=O)C1(CCCCS(C)(=O)=O)CCCC1. The number of nitrogens with one attached hydrogen (secondary N) is 1. The Bertz CT molecular complexity index is 891. The first-order valence-electron chi connectivity index (χ1n) is 10.4. The van der Waals surface area contributed by atoms with Gasteiger partial charge in [-0.25, -0.2) is 13.2 Å². The van der Waals surface area contributed by atoms with E-state index < -0.39 is 32.2 Å². The second-order valence-electron chi connectivity index (χ2n) is 8.25. The molecule has 1 aliphatic carbocycles. The van der Waals surface area contributed by atoms with Gasteiger partial charge in [0.25, 0.3) is 5.69 Å². The molecule has 1 fully saturated rings. The molecule has 172 valence electrons. The number of nitrogens with zero attached hydrogens (tertiary/aromatic N) is 1. The number of hydrogen-bond donors (Lipinski definition) is 1. The van der Waals surface area contributed by atoms with E-state index in [-0.39, 0.29) is 23.8 Å². The summed E-state index contributed by atoms with van der Waals surface area (Å²) in [5.41, 5.74) is -0.00414. The topological polar surface area (TPSA) is 133 Å². The van der Waals surface area contributed by atoms with E-state index >= 15 is 0 Å². The largest absolute Gasteiger partial charge is 0.467 e. The third-order valence-electron chi connectivity index (χ3n) is 5.84. The van der Waals surface area contributed by atoms with E-state index in [4.69, 9.17) is 4.74 Å². The van der Waals surface area contributed by atoms with Gasteiger partial charge in [0.15, 0.2) is 0 Å². The second-order valence-corrected chi connectivity index (χ2v) is 10.5. The minimum Gasteiger partial charge on any atom is -0.467 e. The predicted octanol–water partition coefficient (Wildman–Crippen LogP) is 2.57. The lowest BCUT2D eigenvalue weighted by molar-refractivity contribution is -0.384. The quantitative estimate of drug-likeness (QED) is 0.235. The van der Waals surface area contributed by atoms with Gasteiger partial charge in [-0.15, -0.1) is 0 Å². The minimum absolute atomic E-state index is 0.0543. The maximum Gasteiger partial charge on any atom is 0.328 e. The summed E-state index contributed by atoms with van der Waals surface area (Å²) in [7, 11) is -1.80. The van der Waals surface area contributed by atoms with Crippen LogP contribution in [-0.4, -0.2) is 50.4 Å². The molecule has 1 unspecified atom stereocenters. The lowest BCUT2D eigenvalue weighted by Gasteiger charge is -2.30. The minimum atomic E-state index is -3.04. The van der Waals surface area contributed by atoms with E-state index in [9.17, 15) is 28.1 Å². The molecule has 0 heterocycles. The standard InChI is InChI=1S/C21H30N2O7S/c1-30-19(24)18(15-16-7-9-17(10-8-16)23(26)27)22-20(25)21(11-3-4-12-21)13-5-6-14-31(2,28)29/h7-10,18H,3-6,11-15H2,1-2H3,(H,22,25). The van der Waals surface area contributed by atoms with E-state index in [0.29, 0.717) is 37.7 Å². The zero-order valence-electron chi connectivity index (χ0n) is 18.0. The number of methoxy groups -OCH3 is 1. The maximum atomic E-state index is 13.2. The molecule has 1 aromatic rings. The van der Waals surface area contributed by atoms with Crippen molar-refractivity contribution in [1.82, 2.24) is 5.32 Å². The van der Waals surface area contributed by atoms with E-state index in [2.05, 4.69) is 5.32 Å². The van der Waals surface area contributed by atoms with Gasteiger partial charge in [0.1, 0.15) is 15.9 Å². The summed E-state index contributed by atoms with van der Waals surface area (Å²) in [4.78, 5) is 35.8. The molecule has 0 saturated heterocycles. The lowest BCUT2D eigenvalue weighted by Crippen LogP contribution is -2.49. The van der Waals surface area contributed by atoms with Crippen molar-refractivity contribution in [2.75, 3.05) is 19.1 Å². The monoisotopic (exact) mass is 454 g/mol. The van der Waals surface area contributed by atoms with Crippen molar-refractivity contribution in [1.29, 1.82) is 0 Å². The first-order chi connectivity index (χ1) is 14.6. The Labute approximate surface area is 182 Å². The van der Waals surface area contributed by atoms with Crippen molar-refractivity contribution in [3.05, 3.63) is 39.9 Å². The second kappa shape index (κ2) is 10.7. The summed E-state index contributed by atoms with van der Waals surface area (Å²) in [6, 6.07) is 4.90. The van der Waals surface area contributed by atoms with Gasteiger partial charge >= 0.3 is 5.97 Å². The summed E-state index contributed by atoms with van der Waals surface area (Å²) < 4.78 is 27.6. The van der Waals surface area contributed by atoms with Crippen molar-refractivity contribution >= 4 is 27.4 Å². The third kappa shape index (κ3) is 7.30. The Morgan fingerprint density at radius 2 is 1.81 bits per heavy atom. The molecule has 1 amide bonds. The van der Waals surface area contributed by atoms with Crippen LogP contribution in [0.25, 0.3) is 0 Å². The number of carbonyl (C=O) groups excluding carboxylic acids is 2. The number of nitro benzene ring substituents is 1. The maximum absolute atomic E-state index is 13.2. The van der Waals surface area contributed by atoms with Gasteiger partial charge in [0.05, 0.1) is 12.0 Å². The average molecular weight is 455 g/mol. The van der Waals surface area contributed by atoms with Crippen LogP contribution in [0.4, 0.5) is 5.69 Å². The molecule has 1 atom stereocenters. The van der Waals surface area contributed by atoms with E-state index in [1.165, 1.54) is 25.5 Å². The molecule has 2 rings (SSSR count). The van der Waals surface area contributed by atoms with Crippen molar-refractivity contribution < 1.29 is 27.7 Å². The van der Waals surface area contributed by atoms with Crippen LogP contribution in [0.15, 0.2) is 24.3 Å². The molecule has 1 N–H and O–H groups in total. The molecule has 0 aliphatic heterocycles.